The van der Waals surface area contributed by atoms with E-state index in [0.29, 0.717) is 11.8 Å². The zero-order valence-corrected chi connectivity index (χ0v) is 22.0. The predicted octanol–water partition coefficient (Wildman–Crippen LogP) is 4.72. The fourth-order valence-electron chi connectivity index (χ4n) is 5.40. The zero-order chi connectivity index (χ0) is 24.3. The second-order valence-electron chi connectivity index (χ2n) is 11.2. The van der Waals surface area contributed by atoms with Crippen molar-refractivity contribution < 1.29 is 0 Å². The molecule has 2 fully saturated rings. The summed E-state index contributed by atoms with van der Waals surface area (Å²) >= 11 is 0. The van der Waals surface area contributed by atoms with Crippen molar-refractivity contribution in [3.63, 3.8) is 0 Å². The quantitative estimate of drug-likeness (QED) is 0.559. The Morgan fingerprint density at radius 2 is 1.38 bits per heavy atom. The topological polar surface area (TPSA) is 61.3 Å². The van der Waals surface area contributed by atoms with E-state index in [2.05, 4.69) is 78.6 Å². The molecule has 0 radical (unpaired) electrons. The van der Waals surface area contributed by atoms with Gasteiger partial charge >= 0.3 is 0 Å². The van der Waals surface area contributed by atoms with E-state index < -0.39 is 0 Å². The van der Waals surface area contributed by atoms with Crippen molar-refractivity contribution in [1.29, 1.82) is 0 Å². The van der Waals surface area contributed by atoms with Gasteiger partial charge in [-0.15, -0.1) is 0 Å². The number of hydrogen-bond acceptors (Lipinski definition) is 7. The molecule has 0 aromatic carbocycles. The third-order valence-electron chi connectivity index (χ3n) is 7.92. The number of piperazine rings is 1. The third kappa shape index (κ3) is 5.68. The second-order valence-corrected chi connectivity index (χ2v) is 11.2. The van der Waals surface area contributed by atoms with Crippen LogP contribution in [0, 0.1) is 5.92 Å². The van der Waals surface area contributed by atoms with Crippen LogP contribution >= 0.6 is 0 Å². The molecule has 2 aromatic rings. The molecule has 2 aliphatic rings. The molecule has 4 rings (SSSR count). The second kappa shape index (κ2) is 10.5. The van der Waals surface area contributed by atoms with Crippen molar-refractivity contribution in [3.05, 3.63) is 35.9 Å². The molecule has 4 heterocycles. The van der Waals surface area contributed by atoms with Crippen LogP contribution in [0.15, 0.2) is 24.8 Å². The highest BCUT2D eigenvalue weighted by Crippen LogP contribution is 2.31. The van der Waals surface area contributed by atoms with Crippen LogP contribution in [0.4, 0.5) is 11.9 Å². The van der Waals surface area contributed by atoms with Crippen LogP contribution in [0.2, 0.25) is 0 Å². The van der Waals surface area contributed by atoms with Gasteiger partial charge in [0, 0.05) is 69.6 Å². The van der Waals surface area contributed by atoms with Crippen LogP contribution in [0.3, 0.4) is 0 Å². The number of anilines is 2. The Balaban J connectivity index is 1.30. The maximum Gasteiger partial charge on any atom is 0.225 e. The van der Waals surface area contributed by atoms with Crippen molar-refractivity contribution in [3.8, 4) is 0 Å². The minimum Gasteiger partial charge on any atom is -0.341 e. The number of rotatable bonds is 8. The highest BCUT2D eigenvalue weighted by Gasteiger charge is 2.32. The molecule has 0 amide bonds. The van der Waals surface area contributed by atoms with Crippen LogP contribution in [0.5, 0.6) is 0 Å². The predicted molar refractivity (Wildman–Crippen MR) is 140 cm³/mol. The maximum absolute atomic E-state index is 4.73. The van der Waals surface area contributed by atoms with E-state index in [0.717, 1.165) is 63.5 Å². The van der Waals surface area contributed by atoms with Crippen molar-refractivity contribution in [1.82, 2.24) is 24.8 Å². The van der Waals surface area contributed by atoms with Crippen molar-refractivity contribution in [2.45, 2.75) is 78.2 Å². The maximum atomic E-state index is 4.73. The van der Waals surface area contributed by atoms with E-state index in [9.17, 15) is 0 Å². The Morgan fingerprint density at radius 3 is 1.91 bits per heavy atom. The number of nitrogens with zero attached hydrogens (tertiary/aromatic N) is 7. The largest absolute Gasteiger partial charge is 0.341 e. The summed E-state index contributed by atoms with van der Waals surface area (Å²) in [5.74, 6) is 3.41. The summed E-state index contributed by atoms with van der Waals surface area (Å²) in [4.78, 5) is 26.0. The average Bonchev–Trinajstić information content (AvgIpc) is 3.33. The molecule has 7 nitrogen and oxygen atoms in total. The lowest BCUT2D eigenvalue weighted by atomic mass is 9.86. The molecular weight excluding hydrogens is 422 g/mol. The lowest BCUT2D eigenvalue weighted by Crippen LogP contribution is -2.55. The standard InChI is InChI=1S/C27H43N7/c1-7-22-8-9-33(19-22)26-30-17-24(18-31-26)21(4)14-27(5,6)34-12-10-32(11-13-34)25-28-15-23(16-29-25)20(2)3/h15-18,20-22H,7-14,19H2,1-6H3/t21?,22-/m1/s1. The molecule has 0 saturated carbocycles. The van der Waals surface area contributed by atoms with E-state index >= 15 is 0 Å². The normalized spacial score (nSPS) is 20.9. The summed E-state index contributed by atoms with van der Waals surface area (Å²) in [6.45, 7) is 19.8. The Hall–Kier alpha value is -2.28. The van der Waals surface area contributed by atoms with Gasteiger partial charge in [0.25, 0.3) is 0 Å². The first-order valence-electron chi connectivity index (χ1n) is 13.2. The van der Waals surface area contributed by atoms with Gasteiger partial charge in [-0.3, -0.25) is 4.90 Å². The van der Waals surface area contributed by atoms with E-state index in [-0.39, 0.29) is 5.54 Å². The summed E-state index contributed by atoms with van der Waals surface area (Å²) in [5, 5.41) is 0. The van der Waals surface area contributed by atoms with Crippen LogP contribution in [0.25, 0.3) is 0 Å². The van der Waals surface area contributed by atoms with Gasteiger partial charge in [-0.2, -0.15) is 0 Å². The van der Waals surface area contributed by atoms with Crippen LogP contribution < -0.4 is 9.80 Å². The van der Waals surface area contributed by atoms with Gasteiger partial charge in [-0.25, -0.2) is 19.9 Å². The number of aromatic nitrogens is 4. The first-order valence-corrected chi connectivity index (χ1v) is 13.2. The Morgan fingerprint density at radius 1 is 0.824 bits per heavy atom. The van der Waals surface area contributed by atoms with E-state index in [1.165, 1.54) is 24.0 Å². The summed E-state index contributed by atoms with van der Waals surface area (Å²) in [7, 11) is 0. The molecular formula is C27H43N7. The van der Waals surface area contributed by atoms with Gasteiger partial charge in [0.1, 0.15) is 0 Å². The lowest BCUT2D eigenvalue weighted by Gasteiger charge is -2.45. The summed E-state index contributed by atoms with van der Waals surface area (Å²) in [6, 6.07) is 0. The number of hydrogen-bond donors (Lipinski definition) is 0. The van der Waals surface area contributed by atoms with Gasteiger partial charge in [0.15, 0.2) is 0 Å². The smallest absolute Gasteiger partial charge is 0.225 e. The summed E-state index contributed by atoms with van der Waals surface area (Å²) < 4.78 is 0. The van der Waals surface area contributed by atoms with Gasteiger partial charge in [0.2, 0.25) is 11.9 Å². The minimum absolute atomic E-state index is 0.107. The van der Waals surface area contributed by atoms with E-state index in [1.54, 1.807) is 0 Å². The van der Waals surface area contributed by atoms with Crippen molar-refractivity contribution in [2.24, 2.45) is 5.92 Å². The average molecular weight is 466 g/mol. The monoisotopic (exact) mass is 465 g/mol. The SMILES string of the molecule is CC[C@@H]1CCN(c2ncc(C(C)CC(C)(C)N3CCN(c4ncc(C(C)C)cn4)CC3)cn2)C1. The fourth-order valence-corrected chi connectivity index (χ4v) is 5.40. The lowest BCUT2D eigenvalue weighted by molar-refractivity contribution is 0.0974. The molecule has 0 aliphatic carbocycles. The zero-order valence-electron chi connectivity index (χ0n) is 22.0. The highest BCUT2D eigenvalue weighted by atomic mass is 15.3. The van der Waals surface area contributed by atoms with Crippen molar-refractivity contribution >= 4 is 11.9 Å². The molecule has 1 unspecified atom stereocenters. The molecule has 2 atom stereocenters. The molecule has 186 valence electrons. The summed E-state index contributed by atoms with van der Waals surface area (Å²) in [6.07, 6.45) is 11.6. The van der Waals surface area contributed by atoms with Gasteiger partial charge in [0.05, 0.1) is 0 Å². The molecule has 0 bridgehead atoms. The Bertz CT molecular complexity index is 902. The minimum atomic E-state index is 0.107. The first kappa shape index (κ1) is 24.8. The van der Waals surface area contributed by atoms with Gasteiger partial charge in [-0.05, 0) is 55.6 Å². The van der Waals surface area contributed by atoms with Crippen molar-refractivity contribution in [2.75, 3.05) is 49.1 Å². The Kier molecular flexibility index (Phi) is 7.70. The van der Waals surface area contributed by atoms with E-state index in [4.69, 9.17) is 9.97 Å². The summed E-state index contributed by atoms with van der Waals surface area (Å²) in [5.41, 5.74) is 2.54. The molecule has 2 aromatic heterocycles. The fraction of sp³-hybridized carbons (Fsp3) is 0.704. The first-order chi connectivity index (χ1) is 16.3. The van der Waals surface area contributed by atoms with Gasteiger partial charge < -0.3 is 9.80 Å². The van der Waals surface area contributed by atoms with E-state index in [1.807, 2.05) is 12.4 Å². The van der Waals surface area contributed by atoms with Crippen LogP contribution in [-0.4, -0.2) is 69.6 Å². The third-order valence-corrected chi connectivity index (χ3v) is 7.92. The van der Waals surface area contributed by atoms with Crippen LogP contribution in [-0.2, 0) is 0 Å². The Labute approximate surface area is 206 Å². The molecule has 0 spiro atoms. The van der Waals surface area contributed by atoms with Gasteiger partial charge in [-0.1, -0.05) is 34.1 Å². The molecule has 7 heteroatoms. The molecule has 2 aliphatic heterocycles. The highest BCUT2D eigenvalue weighted by molar-refractivity contribution is 5.33. The molecule has 0 N–H and O–H groups in total. The molecule has 34 heavy (non-hydrogen) atoms. The van der Waals surface area contributed by atoms with Crippen LogP contribution in [0.1, 0.15) is 83.8 Å². The molecule has 2 saturated heterocycles.